The van der Waals surface area contributed by atoms with E-state index in [4.69, 9.17) is 9.84 Å². The second kappa shape index (κ2) is 39.8. The van der Waals surface area contributed by atoms with E-state index in [9.17, 15) is 19.5 Å². The number of carbonyl (C=O) groups excluding carboxylic acids is 2. The molecule has 9 aromatic heterocycles. The molecule has 0 atom stereocenters. The van der Waals surface area contributed by atoms with Crippen LogP contribution in [-0.2, 0) is 46.8 Å². The van der Waals surface area contributed by atoms with Gasteiger partial charge in [-0.1, -0.05) is 262 Å². The number of benzene rings is 6. The maximum atomic E-state index is 12.1. The topological polar surface area (TPSA) is 261 Å². The molecule has 0 saturated heterocycles. The number of esters is 1. The molecular weight excluding hydrogens is 1700 g/mol. The molecule has 3 N–H and O–H groups in total. The maximum absolute atomic E-state index is 12.1. The van der Waals surface area contributed by atoms with E-state index in [2.05, 4.69) is 297 Å². The van der Waals surface area contributed by atoms with E-state index >= 15 is 0 Å². The third kappa shape index (κ3) is 23.3. The van der Waals surface area contributed by atoms with Crippen molar-refractivity contribution in [2.75, 3.05) is 7.11 Å². The van der Waals surface area contributed by atoms with Crippen molar-refractivity contribution in [3.63, 3.8) is 0 Å². The van der Waals surface area contributed by atoms with Crippen LogP contribution >= 0.6 is 0 Å². The molecule has 0 saturated carbocycles. The van der Waals surface area contributed by atoms with Gasteiger partial charge in [0.2, 0.25) is 0 Å². The minimum absolute atomic E-state index is 0. The molecule has 0 aliphatic heterocycles. The summed E-state index contributed by atoms with van der Waals surface area (Å²) >= 11 is 0. The van der Waals surface area contributed by atoms with E-state index in [-0.39, 0.29) is 54.5 Å². The Labute approximate surface area is 733 Å². The average Bonchev–Trinajstić information content (AvgIpc) is 1.42. The third-order valence-electron chi connectivity index (χ3n) is 21.3. The molecule has 19 heteroatoms. The number of aliphatic hydroxyl groups is 1. The van der Waals surface area contributed by atoms with Crippen molar-refractivity contribution in [1.29, 1.82) is 0 Å². The fraction of sp³-hybridized carbons (Fsp3) is 0.340. The number of aromatic amines is 1. The number of fused-ring (bicyclic) bond motifs is 6. The summed E-state index contributed by atoms with van der Waals surface area (Å²) in [5.41, 5.74) is 16.5. The molecule has 9 heterocycles. The van der Waals surface area contributed by atoms with Gasteiger partial charge in [0.15, 0.2) is 17.2 Å². The van der Waals surface area contributed by atoms with Crippen LogP contribution in [0.5, 0.6) is 0 Å². The largest absolute Gasteiger partial charge is 2.00 e. The standard InChI is InChI=1S/C19H23N3.2C19H22N3.C19H23NO2.C14H15NO2.C13H13NO2.Pt/c3*1-12(2)14-7-6-13-8-9-20-18(15(13)10-14)16-11-17(22-21-16)19(3,4)5;1-12(2)14-7-6-13-8-9-20-18(15(13)10-14)16(21)11-17(22)19(3,4)5;1-9(2)11-5-4-10-6-7-15-13(12(10)8-11)14(16)17-3;1-8(2)10-4-3-9-5-6-14-12(13(15)16)11(9)7-10;/h6-12H,1-5H3,(H,21,22);2*6-12H,1-5H3;6-12,21H,1-5H3;4-9H,1-3H3;3-8H,1-2H3,(H,15,16);/q;2*-1;;;;+2. The number of allylic oxidation sites excluding steroid dienone is 1. The number of methoxy groups -OCH3 is 1. The minimum Gasteiger partial charge on any atom is -0.573 e. The molecule has 15 aromatic rings. The summed E-state index contributed by atoms with van der Waals surface area (Å²) in [5.74, 6) is 1.11. The van der Waals surface area contributed by atoms with Gasteiger partial charge in [0.05, 0.1) is 24.2 Å². The maximum Gasteiger partial charge on any atom is 2.00 e. The van der Waals surface area contributed by atoms with Crippen LogP contribution in [0.3, 0.4) is 0 Å². The molecule has 0 unspecified atom stereocenters. The Kier molecular flexibility index (Phi) is 30.7. The van der Waals surface area contributed by atoms with Gasteiger partial charge in [-0.3, -0.25) is 29.8 Å². The predicted octanol–water partition coefficient (Wildman–Crippen LogP) is 25.5. The van der Waals surface area contributed by atoms with Crippen molar-refractivity contribution in [3.8, 4) is 34.2 Å². The molecule has 0 spiro atoms. The zero-order valence-electron chi connectivity index (χ0n) is 75.4. The molecule has 15 rings (SSSR count). The Hall–Kier alpha value is -11.8. The first-order valence-corrected chi connectivity index (χ1v) is 41.7. The normalized spacial score (nSPS) is 11.9. The van der Waals surface area contributed by atoms with Crippen molar-refractivity contribution >= 4 is 88.1 Å². The summed E-state index contributed by atoms with van der Waals surface area (Å²) in [6, 6.07) is 55.9. The summed E-state index contributed by atoms with van der Waals surface area (Å²) < 4.78 is 4.74. The quantitative estimate of drug-likeness (QED) is 0.0550. The van der Waals surface area contributed by atoms with Gasteiger partial charge in [-0.05, 0) is 180 Å². The van der Waals surface area contributed by atoms with Crippen LogP contribution < -0.4 is 10.2 Å². The fourth-order valence-electron chi connectivity index (χ4n) is 13.3. The third-order valence-corrected chi connectivity index (χ3v) is 21.3. The predicted molar refractivity (Wildman–Crippen MR) is 495 cm³/mol. The van der Waals surface area contributed by atoms with Gasteiger partial charge in [-0.2, -0.15) is 5.10 Å². The number of aromatic nitrogens is 12. The van der Waals surface area contributed by atoms with E-state index in [1.807, 2.05) is 112 Å². The number of nitrogens with one attached hydrogen (secondary N) is 1. The number of carboxylic acid groups (broad SMARTS) is 1. The Morgan fingerprint density at radius 2 is 0.664 bits per heavy atom. The molecule has 6 aromatic carbocycles. The van der Waals surface area contributed by atoms with Gasteiger partial charge in [-0.25, -0.2) is 19.6 Å². The molecule has 0 amide bonds. The van der Waals surface area contributed by atoms with Gasteiger partial charge >= 0.3 is 33.0 Å². The van der Waals surface area contributed by atoms with Crippen molar-refractivity contribution in [2.24, 2.45) is 5.41 Å². The van der Waals surface area contributed by atoms with Gasteiger partial charge in [0, 0.05) is 114 Å². The fourth-order valence-corrected chi connectivity index (χ4v) is 13.3. The van der Waals surface area contributed by atoms with Crippen molar-refractivity contribution in [2.45, 2.75) is 218 Å². The minimum atomic E-state index is -0.980. The Morgan fingerprint density at radius 3 is 0.967 bits per heavy atom. The smallest absolute Gasteiger partial charge is 0.573 e. The molecule has 636 valence electrons. The zero-order chi connectivity index (χ0) is 88.3. The van der Waals surface area contributed by atoms with Crippen molar-refractivity contribution in [1.82, 2.24) is 60.5 Å². The van der Waals surface area contributed by atoms with Gasteiger partial charge in [-0.15, -0.1) is 0 Å². The molecule has 18 nitrogen and oxygen atoms in total. The molecule has 0 aliphatic rings. The summed E-state index contributed by atoms with van der Waals surface area (Å²) in [5, 5.41) is 56.8. The number of H-pyrrole nitrogens is 1. The molecule has 0 aliphatic carbocycles. The summed E-state index contributed by atoms with van der Waals surface area (Å²) in [4.78, 5) is 60.8. The molecule has 122 heavy (non-hydrogen) atoms. The van der Waals surface area contributed by atoms with E-state index in [0.29, 0.717) is 52.3 Å². The number of nitrogens with zero attached hydrogens (tertiary/aromatic N) is 11. The zero-order valence-corrected chi connectivity index (χ0v) is 77.6. The first-order valence-electron chi connectivity index (χ1n) is 41.7. The van der Waals surface area contributed by atoms with Crippen LogP contribution in [-0.4, -0.2) is 85.3 Å². The van der Waals surface area contributed by atoms with Gasteiger partial charge in [0.25, 0.3) is 0 Å². The summed E-state index contributed by atoms with van der Waals surface area (Å²) in [6.45, 7) is 50.8. The van der Waals surface area contributed by atoms with Crippen LogP contribution in [0.1, 0.15) is 279 Å². The SMILES string of the molecule is CC(C)c1ccc2ccnc(-c3cc(C(C)(C)C)[nH]n3)c2c1.CC(C)c1ccc2ccnc(-c3cc(C(C)(C)C)n[n-]3)c2c1.CC(C)c1ccc2ccnc(-c3cc(C(C)(C)C)n[n-]3)c2c1.CC(C)c1ccc2ccnc(C(=O)O)c2c1.CC(C)c1ccc2ccnc(C(O)=CC(=O)C(C)(C)C)c2c1.COC(=O)c1nccc2ccc(C(C)C)cc12.[Pt+2]. The first-order chi connectivity index (χ1) is 57.0. The van der Waals surface area contributed by atoms with E-state index in [1.165, 1.54) is 68.7 Å². The number of pyridine rings is 6. The molecule has 0 bridgehead atoms. The Balaban J connectivity index is 0.000000167. The summed E-state index contributed by atoms with van der Waals surface area (Å²) in [6.07, 6.45) is 11.6. The van der Waals surface area contributed by atoms with Gasteiger partial charge in [0.1, 0.15) is 17.1 Å². The average molecular weight is 1820 g/mol. The monoisotopic (exact) mass is 1810 g/mol. The number of hydrogen-bond acceptors (Lipinski definition) is 14. The van der Waals surface area contributed by atoms with Crippen LogP contribution in [0.25, 0.3) is 105 Å². The summed E-state index contributed by atoms with van der Waals surface area (Å²) in [7, 11) is 1.37. The van der Waals surface area contributed by atoms with Crippen LogP contribution in [0.4, 0.5) is 0 Å². The number of aliphatic hydroxyl groups excluding tert-OH is 1. The number of ketones is 1. The first kappa shape index (κ1) is 94.1. The van der Waals surface area contributed by atoms with Crippen molar-refractivity contribution in [3.05, 3.63) is 275 Å². The number of carboxylic acids is 1. The number of carbonyl (C=O) groups is 3. The molecule has 0 fully saturated rings. The van der Waals surface area contributed by atoms with E-state index in [1.54, 1.807) is 12.4 Å². The van der Waals surface area contributed by atoms with E-state index in [0.717, 1.165) is 94.5 Å². The number of aromatic carboxylic acids is 1. The number of rotatable bonds is 13. The van der Waals surface area contributed by atoms with Gasteiger partial charge < -0.3 is 35.3 Å². The number of ether oxygens (including phenoxy) is 1. The molecule has 0 radical (unpaired) electrons. The van der Waals surface area contributed by atoms with Crippen LogP contribution in [0.2, 0.25) is 0 Å². The van der Waals surface area contributed by atoms with Crippen molar-refractivity contribution < 1.29 is 50.4 Å². The van der Waals surface area contributed by atoms with Crippen LogP contribution in [0.15, 0.2) is 207 Å². The second-order valence-corrected chi connectivity index (χ2v) is 36.9. The Morgan fingerprint density at radius 1 is 0.369 bits per heavy atom. The van der Waals surface area contributed by atoms with Crippen LogP contribution in [0, 0.1) is 5.41 Å². The molecular formula is C103H118N12O6Pt. The van der Waals surface area contributed by atoms with E-state index < -0.39 is 17.4 Å². The Bertz CT molecular complexity index is 5880. The second-order valence-electron chi connectivity index (χ2n) is 36.9. The number of hydrogen-bond donors (Lipinski definition) is 3.